The van der Waals surface area contributed by atoms with Crippen molar-refractivity contribution in [2.75, 3.05) is 26.3 Å². The van der Waals surface area contributed by atoms with Crippen molar-refractivity contribution in [1.29, 1.82) is 0 Å². The van der Waals surface area contributed by atoms with E-state index in [0.717, 1.165) is 0 Å². The summed E-state index contributed by atoms with van der Waals surface area (Å²) < 4.78 is 40.2. The van der Waals surface area contributed by atoms with Gasteiger partial charge in [-0.2, -0.15) is 13.2 Å². The predicted molar refractivity (Wildman–Crippen MR) is 47.4 cm³/mol. The standard InChI is InChI=1S/C8H13F3N2O3/c9-8(10,11)5-16-13-7(14)3-6-4-12-1-2-15-6/h6,12H,1-5H2,(H,13,14). The molecule has 1 aliphatic rings. The molecule has 1 amide bonds. The van der Waals surface area contributed by atoms with Gasteiger partial charge in [0.1, 0.15) is 0 Å². The molecular weight excluding hydrogens is 229 g/mol. The first-order valence-electron chi connectivity index (χ1n) is 4.77. The number of carbonyl (C=O) groups is 1. The monoisotopic (exact) mass is 242 g/mol. The Kier molecular flexibility index (Phi) is 4.97. The second-order valence-corrected chi connectivity index (χ2v) is 3.33. The summed E-state index contributed by atoms with van der Waals surface area (Å²) in [6.45, 7) is 0.208. The van der Waals surface area contributed by atoms with Gasteiger partial charge < -0.3 is 10.1 Å². The Hall–Kier alpha value is -0.860. The number of ether oxygens (including phenoxy) is 1. The number of alkyl halides is 3. The number of morpholine rings is 1. The molecule has 0 aliphatic carbocycles. The number of hydroxylamine groups is 1. The minimum absolute atomic E-state index is 0.0230. The number of hydrogen-bond acceptors (Lipinski definition) is 4. The van der Waals surface area contributed by atoms with Gasteiger partial charge in [-0.3, -0.25) is 9.63 Å². The fourth-order valence-corrected chi connectivity index (χ4v) is 1.20. The smallest absolute Gasteiger partial charge is 0.375 e. The van der Waals surface area contributed by atoms with Crippen LogP contribution in [-0.4, -0.2) is 44.5 Å². The number of carbonyl (C=O) groups excluding carboxylic acids is 1. The average molecular weight is 242 g/mol. The van der Waals surface area contributed by atoms with Gasteiger partial charge >= 0.3 is 6.18 Å². The normalized spacial score (nSPS) is 21.8. The number of nitrogens with one attached hydrogen (secondary N) is 2. The van der Waals surface area contributed by atoms with Crippen molar-refractivity contribution >= 4 is 5.91 Å². The topological polar surface area (TPSA) is 59.6 Å². The molecule has 0 bridgehead atoms. The maximum Gasteiger partial charge on any atom is 0.414 e. The lowest BCUT2D eigenvalue weighted by Gasteiger charge is -2.22. The van der Waals surface area contributed by atoms with Crippen molar-refractivity contribution in [3.63, 3.8) is 0 Å². The van der Waals surface area contributed by atoms with E-state index in [1.807, 2.05) is 0 Å². The molecule has 1 fully saturated rings. The van der Waals surface area contributed by atoms with Gasteiger partial charge in [0.25, 0.3) is 0 Å². The third kappa shape index (κ3) is 5.89. The van der Waals surface area contributed by atoms with E-state index in [1.54, 1.807) is 5.48 Å². The molecule has 0 aromatic carbocycles. The molecule has 1 atom stereocenters. The van der Waals surface area contributed by atoms with E-state index < -0.39 is 18.7 Å². The largest absolute Gasteiger partial charge is 0.414 e. The second kappa shape index (κ2) is 6.02. The zero-order chi connectivity index (χ0) is 12.0. The molecule has 0 aromatic rings. The lowest BCUT2D eigenvalue weighted by Crippen LogP contribution is -2.41. The number of rotatable bonds is 4. The highest BCUT2D eigenvalue weighted by Gasteiger charge is 2.28. The zero-order valence-corrected chi connectivity index (χ0v) is 8.47. The van der Waals surface area contributed by atoms with E-state index in [0.29, 0.717) is 19.7 Å². The summed E-state index contributed by atoms with van der Waals surface area (Å²) in [4.78, 5) is 15.1. The third-order valence-electron chi connectivity index (χ3n) is 1.84. The molecule has 0 spiro atoms. The van der Waals surface area contributed by atoms with Crippen molar-refractivity contribution in [1.82, 2.24) is 10.8 Å². The Bertz CT molecular complexity index is 229. The van der Waals surface area contributed by atoms with E-state index in [2.05, 4.69) is 10.2 Å². The molecule has 94 valence electrons. The maximum atomic E-state index is 11.7. The third-order valence-corrected chi connectivity index (χ3v) is 1.84. The molecule has 1 unspecified atom stereocenters. The maximum absolute atomic E-state index is 11.7. The van der Waals surface area contributed by atoms with Gasteiger partial charge in [-0.05, 0) is 0 Å². The molecule has 1 aliphatic heterocycles. The van der Waals surface area contributed by atoms with Crippen LogP contribution in [0.25, 0.3) is 0 Å². The number of hydrogen-bond donors (Lipinski definition) is 2. The average Bonchev–Trinajstić information content (AvgIpc) is 2.17. The lowest BCUT2D eigenvalue weighted by atomic mass is 10.2. The van der Waals surface area contributed by atoms with Gasteiger partial charge in [-0.1, -0.05) is 0 Å². The van der Waals surface area contributed by atoms with Crippen LogP contribution in [0.3, 0.4) is 0 Å². The van der Waals surface area contributed by atoms with Gasteiger partial charge in [0, 0.05) is 13.1 Å². The van der Waals surface area contributed by atoms with Gasteiger partial charge in [0.15, 0.2) is 6.61 Å². The Morgan fingerprint density at radius 2 is 2.31 bits per heavy atom. The second-order valence-electron chi connectivity index (χ2n) is 3.33. The van der Waals surface area contributed by atoms with E-state index in [4.69, 9.17) is 4.74 Å². The van der Waals surface area contributed by atoms with Crippen LogP contribution < -0.4 is 10.8 Å². The Labute approximate surface area is 90.2 Å². The van der Waals surface area contributed by atoms with Crippen LogP contribution in [0.1, 0.15) is 6.42 Å². The van der Waals surface area contributed by atoms with E-state index in [1.165, 1.54) is 0 Å². The molecule has 0 radical (unpaired) electrons. The van der Waals surface area contributed by atoms with Crippen molar-refractivity contribution in [3.8, 4) is 0 Å². The minimum atomic E-state index is -4.45. The Morgan fingerprint density at radius 1 is 1.56 bits per heavy atom. The summed E-state index contributed by atoms with van der Waals surface area (Å²) in [6, 6.07) is 0. The molecule has 0 saturated carbocycles. The summed E-state index contributed by atoms with van der Waals surface area (Å²) >= 11 is 0. The van der Waals surface area contributed by atoms with Crippen molar-refractivity contribution in [3.05, 3.63) is 0 Å². The van der Waals surface area contributed by atoms with Gasteiger partial charge in [-0.25, -0.2) is 5.48 Å². The molecule has 1 saturated heterocycles. The first-order valence-corrected chi connectivity index (χ1v) is 4.77. The van der Waals surface area contributed by atoms with Gasteiger partial charge in [-0.15, -0.1) is 0 Å². The molecule has 2 N–H and O–H groups in total. The molecule has 5 nitrogen and oxygen atoms in total. The van der Waals surface area contributed by atoms with Crippen LogP contribution >= 0.6 is 0 Å². The van der Waals surface area contributed by atoms with Gasteiger partial charge in [0.05, 0.1) is 19.1 Å². The first kappa shape index (κ1) is 13.2. The van der Waals surface area contributed by atoms with Crippen LogP contribution in [0.2, 0.25) is 0 Å². The summed E-state index contributed by atoms with van der Waals surface area (Å²) in [6.07, 6.45) is -4.79. The molecule has 1 rings (SSSR count). The highest BCUT2D eigenvalue weighted by atomic mass is 19.4. The summed E-state index contributed by atoms with van der Waals surface area (Å²) in [5.41, 5.74) is 1.72. The number of amides is 1. The van der Waals surface area contributed by atoms with Crippen molar-refractivity contribution < 1.29 is 27.5 Å². The van der Waals surface area contributed by atoms with Crippen LogP contribution in [0.4, 0.5) is 13.2 Å². The van der Waals surface area contributed by atoms with E-state index >= 15 is 0 Å². The SMILES string of the molecule is O=C(CC1CNCCO1)NOCC(F)(F)F. The zero-order valence-electron chi connectivity index (χ0n) is 8.47. The Balaban J connectivity index is 2.10. The number of halogens is 3. The molecule has 8 heteroatoms. The highest BCUT2D eigenvalue weighted by Crippen LogP contribution is 2.13. The molecular formula is C8H13F3N2O3. The Morgan fingerprint density at radius 3 is 2.88 bits per heavy atom. The summed E-state index contributed by atoms with van der Waals surface area (Å²) in [5.74, 6) is -0.627. The van der Waals surface area contributed by atoms with Crippen LogP contribution in [0, 0.1) is 0 Å². The van der Waals surface area contributed by atoms with Crippen LogP contribution in [0.15, 0.2) is 0 Å². The first-order chi connectivity index (χ1) is 7.47. The highest BCUT2D eigenvalue weighted by molar-refractivity contribution is 5.75. The lowest BCUT2D eigenvalue weighted by molar-refractivity contribution is -0.192. The quantitative estimate of drug-likeness (QED) is 0.680. The molecule has 1 heterocycles. The van der Waals surface area contributed by atoms with Gasteiger partial charge in [0.2, 0.25) is 5.91 Å². The van der Waals surface area contributed by atoms with Crippen molar-refractivity contribution in [2.45, 2.75) is 18.7 Å². The summed E-state index contributed by atoms with van der Waals surface area (Å²) in [5, 5.41) is 2.99. The minimum Gasteiger partial charge on any atom is -0.375 e. The van der Waals surface area contributed by atoms with Crippen LogP contribution in [0.5, 0.6) is 0 Å². The molecule has 0 aromatic heterocycles. The van der Waals surface area contributed by atoms with Crippen LogP contribution in [-0.2, 0) is 14.4 Å². The summed E-state index contributed by atoms with van der Waals surface area (Å²) in [7, 11) is 0. The predicted octanol–water partition coefficient (Wildman–Crippen LogP) is -0.0250. The fraction of sp³-hybridized carbons (Fsp3) is 0.875. The van der Waals surface area contributed by atoms with E-state index in [9.17, 15) is 18.0 Å². The van der Waals surface area contributed by atoms with Crippen molar-refractivity contribution in [2.24, 2.45) is 0 Å². The molecule has 16 heavy (non-hydrogen) atoms. The fourth-order valence-electron chi connectivity index (χ4n) is 1.20. The van der Waals surface area contributed by atoms with E-state index in [-0.39, 0.29) is 12.5 Å².